The van der Waals surface area contributed by atoms with Gasteiger partial charge in [-0.05, 0) is 32.1 Å². The number of allylic oxidation sites excluding steroid dienone is 2. The predicted molar refractivity (Wildman–Crippen MR) is 216 cm³/mol. The summed E-state index contributed by atoms with van der Waals surface area (Å²) in [6, 6.07) is 0. The second-order valence-corrected chi connectivity index (χ2v) is 16.4. The van der Waals surface area contributed by atoms with Gasteiger partial charge in [-0.25, -0.2) is 4.79 Å². The highest BCUT2D eigenvalue weighted by Crippen LogP contribution is 2.33. The monoisotopic (exact) mass is 792 g/mol. The Labute approximate surface area is 336 Å². The summed E-state index contributed by atoms with van der Waals surface area (Å²) in [5.74, 6) is -2.88. The first kappa shape index (κ1) is 49.4. The predicted octanol–water partition coefficient (Wildman–Crippen LogP) is 5.58. The van der Waals surface area contributed by atoms with E-state index in [1.54, 1.807) is 47.6 Å². The maximum Gasteiger partial charge on any atom is 0.331 e. The number of fused-ring (bicyclic) bond motifs is 2. The van der Waals surface area contributed by atoms with Crippen LogP contribution in [-0.2, 0) is 38.1 Å². The fraction of sp³-hybridized carbons (Fsp3) is 0.750. The first-order valence-corrected chi connectivity index (χ1v) is 20.4. The molecule has 56 heavy (non-hydrogen) atoms. The van der Waals surface area contributed by atoms with E-state index in [0.717, 1.165) is 12.0 Å². The zero-order valence-corrected chi connectivity index (χ0v) is 35.8. The molecule has 2 heterocycles. The summed E-state index contributed by atoms with van der Waals surface area (Å²) in [7, 11) is 6.46. The smallest absolute Gasteiger partial charge is 0.331 e. The van der Waals surface area contributed by atoms with E-state index in [4.69, 9.17) is 23.7 Å². The summed E-state index contributed by atoms with van der Waals surface area (Å²) in [5.41, 5.74) is 0.771. The number of aliphatic hydroxyl groups is 3. The largest absolute Gasteiger partial charge is 0.458 e. The molecule has 320 valence electrons. The highest BCUT2D eigenvalue weighted by atomic mass is 16.5. The molecule has 3 N–H and O–H groups in total. The molecule has 12 heteroatoms. The number of carbonyl (C=O) groups is 3. The summed E-state index contributed by atoms with van der Waals surface area (Å²) >= 11 is 0. The van der Waals surface area contributed by atoms with Crippen LogP contribution in [0.2, 0.25) is 0 Å². The molecule has 0 aromatic rings. The number of methoxy groups -OCH3 is 3. The minimum absolute atomic E-state index is 0.00759. The van der Waals surface area contributed by atoms with E-state index >= 15 is 0 Å². The molecule has 1 amide bonds. The third kappa shape index (κ3) is 15.6. The second-order valence-electron chi connectivity index (χ2n) is 16.4. The molecule has 15 atom stereocenters. The SMILES string of the molecule is CO[C@H]([C@H](C)/C=C/N(C)C=O)[C@@H](C)C(=O)CC[C@H](C)[C@H](O)[C@H](C)[C@H]1OC(=O)/C=C\C(C)=C\C[C@H](O)C[C@@H]2C=CC[C@@H](C[C@H](OC)[C@@H](C)[C@@H](OC)C[C@@H](O)[C@@H]1C)O2. The van der Waals surface area contributed by atoms with Gasteiger partial charge >= 0.3 is 5.97 Å². The lowest BCUT2D eigenvalue weighted by atomic mass is 9.78. The van der Waals surface area contributed by atoms with Crippen LogP contribution in [0.1, 0.15) is 93.4 Å². The van der Waals surface area contributed by atoms with Crippen molar-refractivity contribution in [2.75, 3.05) is 28.4 Å². The topological polar surface area (TPSA) is 161 Å². The molecule has 0 fully saturated rings. The van der Waals surface area contributed by atoms with Gasteiger partial charge in [-0.2, -0.15) is 0 Å². The van der Waals surface area contributed by atoms with Crippen LogP contribution in [0, 0.1) is 35.5 Å². The lowest BCUT2D eigenvalue weighted by molar-refractivity contribution is -0.157. The van der Waals surface area contributed by atoms with Crippen molar-refractivity contribution in [3.05, 3.63) is 48.2 Å². The first-order valence-electron chi connectivity index (χ1n) is 20.4. The van der Waals surface area contributed by atoms with Gasteiger partial charge < -0.3 is 43.9 Å². The van der Waals surface area contributed by atoms with Crippen LogP contribution in [0.5, 0.6) is 0 Å². The van der Waals surface area contributed by atoms with Gasteiger partial charge in [0.15, 0.2) is 0 Å². The Morgan fingerprint density at radius 3 is 2.29 bits per heavy atom. The van der Waals surface area contributed by atoms with Crippen molar-refractivity contribution < 1.29 is 53.4 Å². The minimum atomic E-state index is -0.967. The quantitative estimate of drug-likeness (QED) is 0.108. The molecule has 0 aliphatic carbocycles. The van der Waals surface area contributed by atoms with Crippen molar-refractivity contribution in [3.8, 4) is 0 Å². The van der Waals surface area contributed by atoms with Crippen LogP contribution < -0.4 is 0 Å². The molecule has 0 spiro atoms. The fourth-order valence-electron chi connectivity index (χ4n) is 8.01. The van der Waals surface area contributed by atoms with Gasteiger partial charge in [0, 0.05) is 95.9 Å². The normalized spacial score (nSPS) is 33.5. The second kappa shape index (κ2) is 24.9. The zero-order chi connectivity index (χ0) is 42.1. The Kier molecular flexibility index (Phi) is 22.0. The first-order chi connectivity index (χ1) is 26.5. The van der Waals surface area contributed by atoms with E-state index in [1.807, 2.05) is 59.8 Å². The Morgan fingerprint density at radius 2 is 1.66 bits per heavy atom. The standard InChI is InChI=1S/C44H73NO11/c1-27-15-18-34(47)23-35-13-12-14-36(55-35)24-39(52-9)32(6)40(53-10)25-38(49)31(5)44(56-41(50)20-16-27)33(7)42(51)28(2)17-19-37(48)30(4)43(54-11)29(3)21-22-45(8)26-46/h12-13,15-16,20-22,26,28-36,38-40,42-44,47,49,51H,14,17-19,23-25H2,1-11H3/b20-16-,22-21+,27-15+/t28-,29+,30-,31-,32+,33-,34-,35-,36-,38+,39-,40-,42-,43+,44-/m0/s1. The molecular formula is C44H73NO11. The molecule has 0 saturated heterocycles. The number of nitrogens with zero attached hydrogens (tertiary/aromatic N) is 1. The number of esters is 1. The number of rotatable bonds is 15. The third-order valence-corrected chi connectivity index (χ3v) is 12.0. The summed E-state index contributed by atoms with van der Waals surface area (Å²) in [6.07, 6.45) is 11.2. The lowest BCUT2D eigenvalue weighted by Crippen LogP contribution is -2.46. The Balaban J connectivity index is 2.31. The highest BCUT2D eigenvalue weighted by molar-refractivity contribution is 5.82. The van der Waals surface area contributed by atoms with Crippen LogP contribution in [-0.4, -0.2) is 122 Å². The Bertz CT molecular complexity index is 1320. The van der Waals surface area contributed by atoms with Gasteiger partial charge in [0.2, 0.25) is 6.41 Å². The number of amides is 1. The summed E-state index contributed by atoms with van der Waals surface area (Å²) < 4.78 is 30.0. The molecule has 2 aliphatic heterocycles. The molecular weight excluding hydrogens is 718 g/mol. The molecule has 0 aromatic carbocycles. The van der Waals surface area contributed by atoms with Crippen LogP contribution >= 0.6 is 0 Å². The van der Waals surface area contributed by atoms with Crippen molar-refractivity contribution in [1.82, 2.24) is 4.90 Å². The average Bonchev–Trinajstić information content (AvgIpc) is 3.18. The third-order valence-electron chi connectivity index (χ3n) is 12.0. The molecule has 2 aliphatic rings. The molecule has 2 rings (SSSR count). The van der Waals surface area contributed by atoms with Crippen molar-refractivity contribution in [3.63, 3.8) is 0 Å². The van der Waals surface area contributed by atoms with E-state index in [1.165, 1.54) is 11.0 Å². The number of ether oxygens (including phenoxy) is 5. The Morgan fingerprint density at radius 1 is 1.00 bits per heavy atom. The van der Waals surface area contributed by atoms with Gasteiger partial charge in [0.05, 0.1) is 48.8 Å². The molecule has 2 bridgehead atoms. The number of hydrogen-bond acceptors (Lipinski definition) is 11. The number of hydrogen-bond donors (Lipinski definition) is 3. The van der Waals surface area contributed by atoms with Crippen molar-refractivity contribution in [2.45, 2.75) is 148 Å². The average molecular weight is 792 g/mol. The van der Waals surface area contributed by atoms with Crippen molar-refractivity contribution in [1.29, 1.82) is 0 Å². The van der Waals surface area contributed by atoms with Crippen LogP contribution in [0.4, 0.5) is 0 Å². The summed E-state index contributed by atoms with van der Waals surface area (Å²) in [4.78, 5) is 39.1. The van der Waals surface area contributed by atoms with E-state index < -0.39 is 60.3 Å². The Hall–Kier alpha value is -2.71. The van der Waals surface area contributed by atoms with Crippen LogP contribution in [0.15, 0.2) is 48.2 Å². The fourth-order valence-corrected chi connectivity index (χ4v) is 8.01. The van der Waals surface area contributed by atoms with E-state index in [0.29, 0.717) is 32.1 Å². The van der Waals surface area contributed by atoms with Crippen LogP contribution in [0.25, 0.3) is 0 Å². The minimum Gasteiger partial charge on any atom is -0.458 e. The summed E-state index contributed by atoms with van der Waals surface area (Å²) in [6.45, 7) is 13.1. The lowest BCUT2D eigenvalue weighted by Gasteiger charge is -2.38. The number of cyclic esters (lactones) is 1. The molecule has 0 saturated carbocycles. The van der Waals surface area contributed by atoms with Gasteiger partial charge in [-0.1, -0.05) is 77.5 Å². The highest BCUT2D eigenvalue weighted by Gasteiger charge is 2.40. The number of ketones is 1. The maximum absolute atomic E-state index is 13.4. The van der Waals surface area contributed by atoms with Crippen molar-refractivity contribution in [2.24, 2.45) is 35.5 Å². The van der Waals surface area contributed by atoms with E-state index in [9.17, 15) is 29.7 Å². The van der Waals surface area contributed by atoms with Gasteiger partial charge in [-0.3, -0.25) is 9.59 Å². The van der Waals surface area contributed by atoms with Gasteiger partial charge in [0.1, 0.15) is 11.9 Å². The van der Waals surface area contributed by atoms with E-state index in [2.05, 4.69) is 6.08 Å². The summed E-state index contributed by atoms with van der Waals surface area (Å²) in [5, 5.41) is 34.2. The number of Topliss-reactive ketones (excluding diaryl/α,β-unsaturated/α-hetero) is 1. The number of carbonyl (C=O) groups excluding carboxylic acids is 3. The van der Waals surface area contributed by atoms with E-state index in [-0.39, 0.29) is 54.7 Å². The van der Waals surface area contributed by atoms with Crippen molar-refractivity contribution >= 4 is 18.2 Å². The molecule has 12 nitrogen and oxygen atoms in total. The maximum atomic E-state index is 13.4. The zero-order valence-electron chi connectivity index (χ0n) is 35.8. The molecule has 0 unspecified atom stereocenters. The molecule has 0 aromatic heterocycles. The van der Waals surface area contributed by atoms with Gasteiger partial charge in [-0.15, -0.1) is 0 Å². The van der Waals surface area contributed by atoms with Crippen LogP contribution in [0.3, 0.4) is 0 Å². The molecule has 0 radical (unpaired) electrons. The number of aliphatic hydroxyl groups excluding tert-OH is 3. The van der Waals surface area contributed by atoms with Gasteiger partial charge in [0.25, 0.3) is 0 Å².